The van der Waals surface area contributed by atoms with Crippen molar-refractivity contribution in [2.75, 3.05) is 5.75 Å². The monoisotopic (exact) mass is 526 g/mol. The zero-order valence-electron chi connectivity index (χ0n) is 18.7. The van der Waals surface area contributed by atoms with Crippen molar-refractivity contribution in [2.45, 2.75) is 44.4 Å². The summed E-state index contributed by atoms with van der Waals surface area (Å²) >= 11 is 4.86. The first-order valence-corrected chi connectivity index (χ1v) is 12.6. The number of benzene rings is 2. The van der Waals surface area contributed by atoms with E-state index in [0.29, 0.717) is 22.6 Å². The van der Waals surface area contributed by atoms with Crippen molar-refractivity contribution in [2.24, 2.45) is 0 Å². The normalized spacial score (nSPS) is 11.6. The molecule has 172 valence electrons. The molecule has 0 fully saturated rings. The minimum atomic E-state index is -0.751. The van der Waals surface area contributed by atoms with E-state index in [-0.39, 0.29) is 11.6 Å². The highest BCUT2D eigenvalue weighted by molar-refractivity contribution is 9.10. The third-order valence-corrected chi connectivity index (χ3v) is 6.51. The number of hydrogen-bond donors (Lipinski definition) is 2. The van der Waals surface area contributed by atoms with E-state index >= 15 is 0 Å². The van der Waals surface area contributed by atoms with Crippen LogP contribution < -0.4 is 10.6 Å². The second kappa shape index (κ2) is 12.5. The zero-order chi connectivity index (χ0) is 23.6. The smallest absolute Gasteiger partial charge is 0.271 e. The van der Waals surface area contributed by atoms with Gasteiger partial charge >= 0.3 is 0 Å². The van der Waals surface area contributed by atoms with Gasteiger partial charge < -0.3 is 10.6 Å². The third-order valence-electron chi connectivity index (χ3n) is 4.86. The summed E-state index contributed by atoms with van der Waals surface area (Å²) in [6, 6.07) is 16.8. The minimum absolute atomic E-state index is 0.216. The van der Waals surface area contributed by atoms with Crippen LogP contribution >= 0.6 is 27.7 Å². The average Bonchev–Trinajstić information content (AvgIpc) is 2.83. The molecule has 0 unspecified atom stereocenters. The average molecular weight is 527 g/mol. The Bertz CT molecular complexity index is 1080. The van der Waals surface area contributed by atoms with Gasteiger partial charge in [0.05, 0.1) is 4.47 Å². The Labute approximate surface area is 207 Å². The molecule has 1 atom stereocenters. The van der Waals surface area contributed by atoms with Gasteiger partial charge in [-0.2, -0.15) is 0 Å². The van der Waals surface area contributed by atoms with Crippen molar-refractivity contribution in [3.8, 4) is 0 Å². The topological polar surface area (TPSA) is 84.0 Å². The Balaban J connectivity index is 1.75. The van der Waals surface area contributed by atoms with Gasteiger partial charge in [-0.25, -0.2) is 9.97 Å². The van der Waals surface area contributed by atoms with Crippen molar-refractivity contribution in [1.82, 2.24) is 20.6 Å². The van der Waals surface area contributed by atoms with Gasteiger partial charge in [0.15, 0.2) is 5.16 Å². The molecule has 2 amide bonds. The molecular weight excluding hydrogens is 500 g/mol. The van der Waals surface area contributed by atoms with Gasteiger partial charge in [-0.1, -0.05) is 78.8 Å². The van der Waals surface area contributed by atoms with Gasteiger partial charge in [0.1, 0.15) is 11.7 Å². The number of halogens is 1. The number of thioether (sulfide) groups is 1. The predicted molar refractivity (Wildman–Crippen MR) is 135 cm³/mol. The third kappa shape index (κ3) is 7.68. The highest BCUT2D eigenvalue weighted by atomic mass is 79.9. The molecule has 0 saturated carbocycles. The van der Waals surface area contributed by atoms with Gasteiger partial charge in [0.2, 0.25) is 5.91 Å². The second-order valence-electron chi connectivity index (χ2n) is 7.62. The van der Waals surface area contributed by atoms with Gasteiger partial charge in [-0.05, 0) is 40.4 Å². The number of carbonyl (C=O) groups is 2. The van der Waals surface area contributed by atoms with Crippen molar-refractivity contribution >= 4 is 39.5 Å². The van der Waals surface area contributed by atoms with Crippen LogP contribution in [0.1, 0.15) is 40.5 Å². The number of carbonyl (C=O) groups excluding carboxylic acids is 2. The van der Waals surface area contributed by atoms with Crippen LogP contribution in [-0.2, 0) is 17.8 Å². The molecule has 2 aromatic carbocycles. The largest absolute Gasteiger partial charge is 0.350 e. The Morgan fingerprint density at radius 3 is 2.48 bits per heavy atom. The Kier molecular flexibility index (Phi) is 9.45. The van der Waals surface area contributed by atoms with E-state index in [1.807, 2.05) is 61.5 Å². The number of nitrogens with zero attached hydrogens (tertiary/aromatic N) is 2. The fraction of sp³-hybridized carbons (Fsp3) is 0.280. The number of nitrogens with one attached hydrogen (secondary N) is 2. The van der Waals surface area contributed by atoms with Crippen LogP contribution in [0.3, 0.4) is 0 Å². The van der Waals surface area contributed by atoms with Crippen molar-refractivity contribution in [3.05, 3.63) is 87.7 Å². The fourth-order valence-electron chi connectivity index (χ4n) is 3.08. The Morgan fingerprint density at radius 1 is 1.06 bits per heavy atom. The first kappa shape index (κ1) is 24.9. The Hall–Kier alpha value is -2.71. The quantitative estimate of drug-likeness (QED) is 0.295. The molecule has 3 aromatic rings. The summed E-state index contributed by atoms with van der Waals surface area (Å²) in [6.07, 6.45) is 2.92. The fourth-order valence-corrected chi connectivity index (χ4v) is 4.12. The van der Waals surface area contributed by atoms with Gasteiger partial charge in [-0.3, -0.25) is 9.59 Å². The summed E-state index contributed by atoms with van der Waals surface area (Å²) in [5.74, 6) is 0.188. The van der Waals surface area contributed by atoms with Crippen LogP contribution in [0.15, 0.2) is 70.4 Å². The van der Waals surface area contributed by atoms with E-state index < -0.39 is 11.9 Å². The maximum Gasteiger partial charge on any atom is 0.271 e. The molecule has 8 heteroatoms. The molecule has 0 aliphatic heterocycles. The maximum atomic E-state index is 13.1. The van der Waals surface area contributed by atoms with Crippen molar-refractivity contribution in [3.63, 3.8) is 0 Å². The van der Waals surface area contributed by atoms with Crippen LogP contribution in [0.25, 0.3) is 0 Å². The van der Waals surface area contributed by atoms with Crippen LogP contribution in [0.5, 0.6) is 0 Å². The van der Waals surface area contributed by atoms with Crippen LogP contribution in [0.2, 0.25) is 0 Å². The molecule has 0 bridgehead atoms. The zero-order valence-corrected chi connectivity index (χ0v) is 21.1. The lowest BCUT2D eigenvalue weighted by Crippen LogP contribution is -2.48. The summed E-state index contributed by atoms with van der Waals surface area (Å²) in [7, 11) is 0. The minimum Gasteiger partial charge on any atom is -0.350 e. The summed E-state index contributed by atoms with van der Waals surface area (Å²) in [6.45, 7) is 4.48. The molecular formula is C25H27BrN4O2S. The maximum absolute atomic E-state index is 13.1. The molecule has 0 aliphatic rings. The summed E-state index contributed by atoms with van der Waals surface area (Å²) < 4.78 is 0.486. The van der Waals surface area contributed by atoms with E-state index in [1.54, 1.807) is 6.20 Å². The van der Waals surface area contributed by atoms with Gasteiger partial charge in [-0.15, -0.1) is 0 Å². The number of aryl methyl sites for hydroxylation is 1. The van der Waals surface area contributed by atoms with Crippen LogP contribution in [0, 0.1) is 6.92 Å². The first-order valence-electron chi connectivity index (χ1n) is 10.8. The lowest BCUT2D eigenvalue weighted by atomic mass is 10.0. The molecule has 0 radical (unpaired) electrons. The lowest BCUT2D eigenvalue weighted by molar-refractivity contribution is -0.123. The SMILES string of the molecule is CCCSc1ncc(Br)c(C(=O)N[C@@H](Cc2ccccc2)C(=O)NCc2ccc(C)cc2)n1. The summed E-state index contributed by atoms with van der Waals surface area (Å²) in [5, 5.41) is 6.35. The molecule has 6 nitrogen and oxygen atoms in total. The lowest BCUT2D eigenvalue weighted by Gasteiger charge is -2.19. The number of hydrogen-bond acceptors (Lipinski definition) is 5. The molecule has 0 saturated heterocycles. The van der Waals surface area contributed by atoms with Crippen LogP contribution in [0.4, 0.5) is 0 Å². The molecule has 33 heavy (non-hydrogen) atoms. The molecule has 0 aliphatic carbocycles. The van der Waals surface area contributed by atoms with E-state index in [9.17, 15) is 9.59 Å². The standard InChI is InChI=1S/C25H27BrN4O2S/c1-3-13-33-25-28-16-20(26)22(30-25)24(32)29-21(14-18-7-5-4-6-8-18)23(31)27-15-19-11-9-17(2)10-12-19/h4-12,16,21H,3,13-15H2,1-2H3,(H,27,31)(H,29,32)/t21-/m0/s1. The van der Waals surface area contributed by atoms with E-state index in [0.717, 1.165) is 28.9 Å². The summed E-state index contributed by atoms with van der Waals surface area (Å²) in [4.78, 5) is 34.8. The predicted octanol–water partition coefficient (Wildman–Crippen LogP) is 4.71. The Morgan fingerprint density at radius 2 is 1.79 bits per heavy atom. The van der Waals surface area contributed by atoms with Crippen molar-refractivity contribution < 1.29 is 9.59 Å². The number of aromatic nitrogens is 2. The van der Waals surface area contributed by atoms with Crippen LogP contribution in [-0.4, -0.2) is 33.6 Å². The van der Waals surface area contributed by atoms with Gasteiger partial charge in [0.25, 0.3) is 5.91 Å². The van der Waals surface area contributed by atoms with Gasteiger partial charge in [0, 0.05) is 24.9 Å². The highest BCUT2D eigenvalue weighted by Crippen LogP contribution is 2.19. The highest BCUT2D eigenvalue weighted by Gasteiger charge is 2.24. The number of rotatable bonds is 10. The summed E-state index contributed by atoms with van der Waals surface area (Å²) in [5.41, 5.74) is 3.32. The second-order valence-corrected chi connectivity index (χ2v) is 9.53. The van der Waals surface area contributed by atoms with E-state index in [2.05, 4.69) is 43.5 Å². The molecule has 2 N–H and O–H groups in total. The number of amides is 2. The van der Waals surface area contributed by atoms with E-state index in [4.69, 9.17) is 0 Å². The molecule has 1 aromatic heterocycles. The molecule has 3 rings (SSSR count). The van der Waals surface area contributed by atoms with Crippen molar-refractivity contribution in [1.29, 1.82) is 0 Å². The molecule has 1 heterocycles. The van der Waals surface area contributed by atoms with E-state index in [1.165, 1.54) is 11.8 Å². The first-order chi connectivity index (χ1) is 16.0. The molecule has 0 spiro atoms.